The predicted octanol–water partition coefficient (Wildman–Crippen LogP) is 2.06. The highest BCUT2D eigenvalue weighted by atomic mass is 16.6. The number of hydrogen-bond donors (Lipinski definition) is 1. The van der Waals surface area contributed by atoms with Crippen molar-refractivity contribution in [2.75, 3.05) is 59.2 Å². The van der Waals surface area contributed by atoms with Gasteiger partial charge in [-0.3, -0.25) is 9.80 Å². The molecule has 0 bridgehead atoms. The topological polar surface area (TPSA) is 54.4 Å². The van der Waals surface area contributed by atoms with Crippen molar-refractivity contribution in [2.24, 2.45) is 5.92 Å². The van der Waals surface area contributed by atoms with Crippen molar-refractivity contribution >= 4 is 0 Å². The fourth-order valence-electron chi connectivity index (χ4n) is 4.91. The zero-order valence-corrected chi connectivity index (χ0v) is 17.1. The molecule has 2 atom stereocenters. The minimum absolute atomic E-state index is 0.285. The van der Waals surface area contributed by atoms with E-state index >= 15 is 0 Å². The Morgan fingerprint density at radius 3 is 2.54 bits per heavy atom. The fourth-order valence-corrected chi connectivity index (χ4v) is 4.91. The first kappa shape index (κ1) is 20.0. The highest BCUT2D eigenvalue weighted by molar-refractivity contribution is 5.47. The van der Waals surface area contributed by atoms with Crippen LogP contribution in [0, 0.1) is 12.8 Å². The van der Waals surface area contributed by atoms with Gasteiger partial charge in [0.2, 0.25) is 0 Å². The van der Waals surface area contributed by atoms with E-state index in [1.807, 2.05) is 0 Å². The maximum atomic E-state index is 9.37. The highest BCUT2D eigenvalue weighted by Gasteiger charge is 2.33. The van der Waals surface area contributed by atoms with Crippen LogP contribution in [0.5, 0.6) is 11.5 Å². The summed E-state index contributed by atoms with van der Waals surface area (Å²) < 4.78 is 17.1. The van der Waals surface area contributed by atoms with Gasteiger partial charge in [-0.2, -0.15) is 0 Å². The van der Waals surface area contributed by atoms with Crippen LogP contribution in [0.25, 0.3) is 0 Å². The summed E-state index contributed by atoms with van der Waals surface area (Å²) in [5.41, 5.74) is 2.60. The lowest BCUT2D eigenvalue weighted by Crippen LogP contribution is -2.53. The molecule has 0 unspecified atom stereocenters. The van der Waals surface area contributed by atoms with Crippen LogP contribution in [0.1, 0.15) is 30.4 Å². The quantitative estimate of drug-likeness (QED) is 0.803. The van der Waals surface area contributed by atoms with Crippen molar-refractivity contribution in [1.29, 1.82) is 0 Å². The van der Waals surface area contributed by atoms with Crippen LogP contribution in [0.15, 0.2) is 12.1 Å². The number of nitrogens with zero attached hydrogens (tertiary/aromatic N) is 2. The number of fused-ring (bicyclic) bond motifs is 1. The van der Waals surface area contributed by atoms with E-state index in [0.29, 0.717) is 25.2 Å². The summed E-state index contributed by atoms with van der Waals surface area (Å²) in [7, 11) is 0. The van der Waals surface area contributed by atoms with Gasteiger partial charge < -0.3 is 19.3 Å². The van der Waals surface area contributed by atoms with Crippen LogP contribution >= 0.6 is 0 Å². The van der Waals surface area contributed by atoms with E-state index in [9.17, 15) is 5.11 Å². The van der Waals surface area contributed by atoms with Gasteiger partial charge in [0.05, 0.1) is 13.2 Å². The number of benzene rings is 1. The monoisotopic (exact) mass is 390 g/mol. The molecule has 1 aromatic rings. The molecule has 3 aliphatic rings. The third-order valence-corrected chi connectivity index (χ3v) is 6.42. The number of rotatable bonds is 6. The van der Waals surface area contributed by atoms with Crippen molar-refractivity contribution < 1.29 is 19.3 Å². The molecule has 2 fully saturated rings. The minimum Gasteiger partial charge on any atom is -0.486 e. The Morgan fingerprint density at radius 1 is 1.04 bits per heavy atom. The zero-order valence-electron chi connectivity index (χ0n) is 17.1. The van der Waals surface area contributed by atoms with E-state index in [1.54, 1.807) is 0 Å². The second-order valence-corrected chi connectivity index (χ2v) is 8.29. The number of ether oxygens (including phenoxy) is 3. The van der Waals surface area contributed by atoms with Gasteiger partial charge in [-0.15, -0.1) is 0 Å². The molecule has 3 aliphatic heterocycles. The zero-order chi connectivity index (χ0) is 19.3. The van der Waals surface area contributed by atoms with Crippen molar-refractivity contribution in [1.82, 2.24) is 9.80 Å². The molecule has 0 spiro atoms. The van der Waals surface area contributed by atoms with Gasteiger partial charge in [0, 0.05) is 38.8 Å². The van der Waals surface area contributed by atoms with Gasteiger partial charge in [-0.25, -0.2) is 0 Å². The van der Waals surface area contributed by atoms with Crippen LogP contribution in [-0.2, 0) is 11.3 Å². The van der Waals surface area contributed by atoms with Crippen molar-refractivity contribution in [3.63, 3.8) is 0 Å². The molecule has 2 saturated heterocycles. The number of aryl methyl sites for hydroxylation is 1. The summed E-state index contributed by atoms with van der Waals surface area (Å²) in [6.45, 7) is 10.7. The Kier molecular flexibility index (Phi) is 6.73. The molecular formula is C22H34N2O4. The van der Waals surface area contributed by atoms with Gasteiger partial charge >= 0.3 is 0 Å². The molecule has 4 rings (SSSR count). The van der Waals surface area contributed by atoms with Crippen molar-refractivity contribution in [3.05, 3.63) is 23.3 Å². The van der Waals surface area contributed by atoms with Crippen molar-refractivity contribution in [3.8, 4) is 11.5 Å². The normalized spacial score (nSPS) is 26.4. The van der Waals surface area contributed by atoms with E-state index in [-0.39, 0.29) is 6.61 Å². The van der Waals surface area contributed by atoms with E-state index in [1.165, 1.54) is 17.5 Å². The maximum absolute atomic E-state index is 9.37. The average molecular weight is 391 g/mol. The lowest BCUT2D eigenvalue weighted by molar-refractivity contribution is -0.0231. The van der Waals surface area contributed by atoms with Gasteiger partial charge in [0.1, 0.15) is 13.2 Å². The fraction of sp³-hybridized carbons (Fsp3) is 0.727. The van der Waals surface area contributed by atoms with Gasteiger partial charge in [0.25, 0.3) is 0 Å². The smallest absolute Gasteiger partial charge is 0.161 e. The van der Waals surface area contributed by atoms with Crippen LogP contribution in [-0.4, -0.2) is 80.2 Å². The summed E-state index contributed by atoms with van der Waals surface area (Å²) in [6, 6.07) is 4.90. The van der Waals surface area contributed by atoms with Crippen LogP contribution in [0.3, 0.4) is 0 Å². The number of hydrogen-bond acceptors (Lipinski definition) is 6. The number of aliphatic hydroxyl groups excluding tert-OH is 1. The standard InChI is InChI=1S/C22H34N2O4/c1-17-13-21-22(28-12-11-27-21)14-19(17)16-23-5-4-20(18(15-23)3-2-8-25)24-6-9-26-10-7-24/h13-14,18,20,25H,2-12,15-16H2,1H3/t18-,20+/m1/s1. The van der Waals surface area contributed by atoms with Crippen molar-refractivity contribution in [2.45, 2.75) is 38.8 Å². The minimum atomic E-state index is 0.285. The first-order valence-corrected chi connectivity index (χ1v) is 10.8. The molecule has 0 radical (unpaired) electrons. The Hall–Kier alpha value is -1.34. The van der Waals surface area contributed by atoms with Gasteiger partial charge in [-0.05, 0) is 61.9 Å². The van der Waals surface area contributed by atoms with E-state index < -0.39 is 0 Å². The van der Waals surface area contributed by atoms with E-state index in [4.69, 9.17) is 14.2 Å². The Labute approximate surface area is 168 Å². The first-order valence-electron chi connectivity index (χ1n) is 10.8. The highest BCUT2D eigenvalue weighted by Crippen LogP contribution is 2.34. The molecule has 1 N–H and O–H groups in total. The molecule has 0 amide bonds. The molecule has 156 valence electrons. The van der Waals surface area contributed by atoms with E-state index in [2.05, 4.69) is 28.9 Å². The molecular weight excluding hydrogens is 356 g/mol. The summed E-state index contributed by atoms with van der Waals surface area (Å²) >= 11 is 0. The number of piperidine rings is 1. The lowest BCUT2D eigenvalue weighted by atomic mass is 9.86. The average Bonchev–Trinajstić information content (AvgIpc) is 2.73. The molecule has 0 aliphatic carbocycles. The first-order chi connectivity index (χ1) is 13.7. The summed E-state index contributed by atoms with van der Waals surface area (Å²) in [4.78, 5) is 5.20. The Balaban J connectivity index is 1.43. The number of likely N-dealkylation sites (tertiary alicyclic amines) is 1. The maximum Gasteiger partial charge on any atom is 0.161 e. The third kappa shape index (κ3) is 4.62. The second kappa shape index (κ2) is 9.44. The molecule has 0 aromatic heterocycles. The second-order valence-electron chi connectivity index (χ2n) is 8.29. The number of morpholine rings is 1. The SMILES string of the molecule is Cc1cc2c(cc1CN1CC[C@H](N3CCOCC3)[C@H](CCCO)C1)OCCO2. The molecule has 28 heavy (non-hydrogen) atoms. The van der Waals surface area contributed by atoms with Gasteiger partial charge in [0.15, 0.2) is 11.5 Å². The van der Waals surface area contributed by atoms with Crippen LogP contribution in [0.4, 0.5) is 0 Å². The Bertz CT molecular complexity index is 648. The summed E-state index contributed by atoms with van der Waals surface area (Å²) in [5, 5.41) is 9.37. The molecule has 3 heterocycles. The molecule has 1 aromatic carbocycles. The largest absolute Gasteiger partial charge is 0.486 e. The van der Waals surface area contributed by atoms with Crippen LogP contribution in [0.2, 0.25) is 0 Å². The van der Waals surface area contributed by atoms with E-state index in [0.717, 1.165) is 70.3 Å². The molecule has 6 nitrogen and oxygen atoms in total. The Morgan fingerprint density at radius 2 is 1.79 bits per heavy atom. The van der Waals surface area contributed by atoms with Crippen LogP contribution < -0.4 is 9.47 Å². The molecule has 6 heteroatoms. The predicted molar refractivity (Wildman–Crippen MR) is 108 cm³/mol. The summed E-state index contributed by atoms with van der Waals surface area (Å²) in [6.07, 6.45) is 3.18. The third-order valence-electron chi connectivity index (χ3n) is 6.42. The lowest BCUT2D eigenvalue weighted by Gasteiger charge is -2.45. The number of aliphatic hydroxyl groups is 1. The van der Waals surface area contributed by atoms with Gasteiger partial charge in [-0.1, -0.05) is 0 Å². The molecule has 0 saturated carbocycles. The summed E-state index contributed by atoms with van der Waals surface area (Å²) in [5.74, 6) is 2.36.